The van der Waals surface area contributed by atoms with Gasteiger partial charge in [-0.25, -0.2) is 9.97 Å². The highest BCUT2D eigenvalue weighted by molar-refractivity contribution is 5.97. The second-order valence-electron chi connectivity index (χ2n) is 5.66. The molecular weight excluding hydrogens is 242 g/mol. The van der Waals surface area contributed by atoms with Crippen molar-refractivity contribution in [2.75, 3.05) is 19.0 Å². The molecule has 0 spiro atoms. The second kappa shape index (κ2) is 4.89. The number of Topliss-reactive ketones (excluding diaryl/α,β-unsaturated/α-hetero) is 1. The quantitative estimate of drug-likeness (QED) is 0.775. The van der Waals surface area contributed by atoms with Crippen molar-refractivity contribution < 1.29 is 9.53 Å². The third-order valence-corrected chi connectivity index (χ3v) is 3.98. The standard InChI is InChI=1S/C14H19N3O2/c1-17(2)14-15-7-10(8-16-14)13(18)9-5-11-3-4-12(6-9)19-11/h7-9,11-12H,3-6H2,1-2H3. The number of nitrogens with zero attached hydrogens (tertiary/aromatic N) is 3. The van der Waals surface area contributed by atoms with Crippen molar-refractivity contribution in [2.24, 2.45) is 5.92 Å². The van der Waals surface area contributed by atoms with Crippen molar-refractivity contribution in [2.45, 2.75) is 37.9 Å². The number of carbonyl (C=O) groups excluding carboxylic acids is 1. The molecule has 2 fully saturated rings. The maximum atomic E-state index is 12.5. The molecule has 3 rings (SSSR count). The fourth-order valence-electron chi connectivity index (χ4n) is 2.99. The molecular formula is C14H19N3O2. The molecule has 1 aromatic rings. The number of hydrogen-bond donors (Lipinski definition) is 0. The van der Waals surface area contributed by atoms with E-state index in [-0.39, 0.29) is 23.9 Å². The number of rotatable bonds is 3. The monoisotopic (exact) mass is 261 g/mol. The average Bonchev–Trinajstić information content (AvgIpc) is 2.76. The summed E-state index contributed by atoms with van der Waals surface area (Å²) in [7, 11) is 3.76. The van der Waals surface area contributed by atoms with Gasteiger partial charge in [0, 0.05) is 32.4 Å². The minimum Gasteiger partial charge on any atom is -0.375 e. The van der Waals surface area contributed by atoms with Gasteiger partial charge in [0.05, 0.1) is 17.8 Å². The molecule has 19 heavy (non-hydrogen) atoms. The molecule has 2 unspecified atom stereocenters. The van der Waals surface area contributed by atoms with E-state index in [2.05, 4.69) is 9.97 Å². The molecule has 0 aliphatic carbocycles. The van der Waals surface area contributed by atoms with Crippen LogP contribution < -0.4 is 4.90 Å². The Morgan fingerprint density at radius 2 is 1.79 bits per heavy atom. The van der Waals surface area contributed by atoms with Gasteiger partial charge < -0.3 is 9.64 Å². The molecule has 2 bridgehead atoms. The summed E-state index contributed by atoms with van der Waals surface area (Å²) in [5.41, 5.74) is 0.622. The minimum atomic E-state index is 0.0834. The summed E-state index contributed by atoms with van der Waals surface area (Å²) in [4.78, 5) is 22.7. The average molecular weight is 261 g/mol. The number of ketones is 1. The van der Waals surface area contributed by atoms with Gasteiger partial charge in [0.15, 0.2) is 5.78 Å². The summed E-state index contributed by atoms with van der Waals surface area (Å²) in [5, 5.41) is 0. The molecule has 2 aliphatic rings. The highest BCUT2D eigenvalue weighted by Crippen LogP contribution is 2.37. The second-order valence-corrected chi connectivity index (χ2v) is 5.66. The molecule has 0 radical (unpaired) electrons. The van der Waals surface area contributed by atoms with E-state index in [1.54, 1.807) is 12.4 Å². The van der Waals surface area contributed by atoms with E-state index in [1.165, 1.54) is 0 Å². The fraction of sp³-hybridized carbons (Fsp3) is 0.643. The van der Waals surface area contributed by atoms with Crippen LogP contribution in [-0.2, 0) is 4.74 Å². The summed E-state index contributed by atoms with van der Waals surface area (Å²) in [6.45, 7) is 0. The highest BCUT2D eigenvalue weighted by Gasteiger charge is 2.38. The summed E-state index contributed by atoms with van der Waals surface area (Å²) >= 11 is 0. The van der Waals surface area contributed by atoms with Crippen molar-refractivity contribution in [3.63, 3.8) is 0 Å². The first kappa shape index (κ1) is 12.5. The number of fused-ring (bicyclic) bond motifs is 2. The summed E-state index contributed by atoms with van der Waals surface area (Å²) < 4.78 is 5.77. The Hall–Kier alpha value is -1.49. The van der Waals surface area contributed by atoms with Crippen LogP contribution in [0.15, 0.2) is 12.4 Å². The molecule has 0 aromatic carbocycles. The predicted octanol–water partition coefficient (Wildman–Crippen LogP) is 1.68. The van der Waals surface area contributed by atoms with Crippen LogP contribution in [0.4, 0.5) is 5.95 Å². The Labute approximate surface area is 113 Å². The molecule has 0 N–H and O–H groups in total. The van der Waals surface area contributed by atoms with E-state index in [1.807, 2.05) is 19.0 Å². The topological polar surface area (TPSA) is 55.3 Å². The van der Waals surface area contributed by atoms with Crippen molar-refractivity contribution >= 4 is 11.7 Å². The Morgan fingerprint density at radius 1 is 1.21 bits per heavy atom. The van der Waals surface area contributed by atoms with E-state index >= 15 is 0 Å². The lowest BCUT2D eigenvalue weighted by atomic mass is 9.89. The Kier molecular flexibility index (Phi) is 3.22. The number of hydrogen-bond acceptors (Lipinski definition) is 5. The van der Waals surface area contributed by atoms with Gasteiger partial charge in [0.2, 0.25) is 5.95 Å². The molecule has 2 aliphatic heterocycles. The van der Waals surface area contributed by atoms with E-state index < -0.39 is 0 Å². The lowest BCUT2D eigenvalue weighted by Crippen LogP contribution is -2.30. The molecule has 1 aromatic heterocycles. The van der Waals surface area contributed by atoms with Crippen LogP contribution in [0.2, 0.25) is 0 Å². The maximum absolute atomic E-state index is 12.5. The number of carbonyl (C=O) groups is 1. The van der Waals surface area contributed by atoms with Gasteiger partial charge in [-0.1, -0.05) is 0 Å². The molecule has 5 nitrogen and oxygen atoms in total. The van der Waals surface area contributed by atoms with Gasteiger partial charge in [-0.3, -0.25) is 4.79 Å². The first-order valence-electron chi connectivity index (χ1n) is 6.82. The van der Waals surface area contributed by atoms with Crippen LogP contribution in [0.1, 0.15) is 36.0 Å². The van der Waals surface area contributed by atoms with E-state index in [4.69, 9.17) is 4.74 Å². The zero-order valence-electron chi connectivity index (χ0n) is 11.4. The lowest BCUT2D eigenvalue weighted by molar-refractivity contribution is -0.0149. The fourth-order valence-corrected chi connectivity index (χ4v) is 2.99. The Morgan fingerprint density at radius 3 is 2.32 bits per heavy atom. The molecule has 0 saturated carbocycles. The summed E-state index contributed by atoms with van der Waals surface area (Å²) in [6.07, 6.45) is 7.76. The first-order chi connectivity index (χ1) is 9.13. The third-order valence-electron chi connectivity index (χ3n) is 3.98. The maximum Gasteiger partial charge on any atom is 0.224 e. The van der Waals surface area contributed by atoms with Gasteiger partial charge in [0.1, 0.15) is 0 Å². The van der Waals surface area contributed by atoms with E-state index in [9.17, 15) is 4.79 Å². The van der Waals surface area contributed by atoms with Crippen molar-refractivity contribution in [3.05, 3.63) is 18.0 Å². The normalized spacial score (nSPS) is 29.3. The van der Waals surface area contributed by atoms with Crippen LogP contribution in [0.5, 0.6) is 0 Å². The third kappa shape index (κ3) is 2.47. The van der Waals surface area contributed by atoms with Gasteiger partial charge in [-0.05, 0) is 25.7 Å². The first-order valence-corrected chi connectivity index (χ1v) is 6.82. The molecule has 3 heterocycles. The van der Waals surface area contributed by atoms with Crippen molar-refractivity contribution in [1.29, 1.82) is 0 Å². The molecule has 5 heteroatoms. The summed E-state index contributed by atoms with van der Waals surface area (Å²) in [6, 6.07) is 0. The number of ether oxygens (including phenoxy) is 1. The minimum absolute atomic E-state index is 0.0834. The van der Waals surface area contributed by atoms with Gasteiger partial charge >= 0.3 is 0 Å². The Bertz CT molecular complexity index is 460. The molecule has 102 valence electrons. The van der Waals surface area contributed by atoms with Crippen LogP contribution in [-0.4, -0.2) is 42.1 Å². The zero-order chi connectivity index (χ0) is 13.4. The van der Waals surface area contributed by atoms with E-state index in [0.717, 1.165) is 25.7 Å². The van der Waals surface area contributed by atoms with Gasteiger partial charge in [-0.2, -0.15) is 0 Å². The van der Waals surface area contributed by atoms with Crippen LogP contribution >= 0.6 is 0 Å². The number of anilines is 1. The zero-order valence-corrected chi connectivity index (χ0v) is 11.4. The smallest absolute Gasteiger partial charge is 0.224 e. The Balaban J connectivity index is 1.73. The molecule has 0 amide bonds. The van der Waals surface area contributed by atoms with Gasteiger partial charge in [0.25, 0.3) is 0 Å². The SMILES string of the molecule is CN(C)c1ncc(C(=O)C2CC3CCC(C2)O3)cn1. The summed E-state index contributed by atoms with van der Waals surface area (Å²) in [5.74, 6) is 0.883. The molecule has 2 atom stereocenters. The van der Waals surface area contributed by atoms with Crippen LogP contribution in [0, 0.1) is 5.92 Å². The largest absolute Gasteiger partial charge is 0.375 e. The van der Waals surface area contributed by atoms with Crippen LogP contribution in [0.25, 0.3) is 0 Å². The lowest BCUT2D eigenvalue weighted by Gasteiger charge is -2.27. The number of aromatic nitrogens is 2. The van der Waals surface area contributed by atoms with Crippen molar-refractivity contribution in [3.8, 4) is 0 Å². The van der Waals surface area contributed by atoms with E-state index in [0.29, 0.717) is 11.5 Å². The van der Waals surface area contributed by atoms with Crippen LogP contribution in [0.3, 0.4) is 0 Å². The van der Waals surface area contributed by atoms with Gasteiger partial charge in [-0.15, -0.1) is 0 Å². The predicted molar refractivity (Wildman–Crippen MR) is 71.3 cm³/mol. The molecule has 2 saturated heterocycles. The van der Waals surface area contributed by atoms with Crippen molar-refractivity contribution in [1.82, 2.24) is 9.97 Å². The highest BCUT2D eigenvalue weighted by atomic mass is 16.5.